The van der Waals surface area contributed by atoms with Crippen molar-refractivity contribution in [3.8, 4) is 11.6 Å². The molecule has 0 bridgehead atoms. The number of anilines is 1. The maximum atomic E-state index is 12.4. The Morgan fingerprint density at radius 3 is 2.46 bits per heavy atom. The number of carbonyl (C=O) groups excluding carboxylic acids is 1. The van der Waals surface area contributed by atoms with Gasteiger partial charge in [0.2, 0.25) is 5.88 Å². The zero-order chi connectivity index (χ0) is 20.3. The van der Waals surface area contributed by atoms with Gasteiger partial charge in [-0.15, -0.1) is 5.10 Å². The number of nitrogens with one attached hydrogen (secondary N) is 1. The summed E-state index contributed by atoms with van der Waals surface area (Å²) < 4.78 is 7.84. The number of hydrogen-bond acceptors (Lipinski definition) is 4. The van der Waals surface area contributed by atoms with E-state index in [1.165, 1.54) is 16.8 Å². The highest BCUT2D eigenvalue weighted by atomic mass is 79.9. The Hall–Kier alpha value is -2.93. The van der Waals surface area contributed by atoms with Crippen LogP contribution in [0.15, 0.2) is 63.9 Å². The van der Waals surface area contributed by atoms with Crippen molar-refractivity contribution in [1.29, 1.82) is 0 Å². The summed E-state index contributed by atoms with van der Waals surface area (Å²) in [6.07, 6.45) is -0.790. The lowest BCUT2D eigenvalue weighted by Crippen LogP contribution is -2.31. The largest absolute Gasteiger partial charge is 0.463 e. The van der Waals surface area contributed by atoms with Crippen LogP contribution in [0.1, 0.15) is 18.1 Å². The minimum atomic E-state index is -0.790. The van der Waals surface area contributed by atoms with E-state index < -0.39 is 6.10 Å². The van der Waals surface area contributed by atoms with Gasteiger partial charge in [-0.05, 0) is 68.3 Å². The summed E-state index contributed by atoms with van der Waals surface area (Å²) in [7, 11) is 0. The lowest BCUT2D eigenvalue weighted by atomic mass is 10.1. The first-order valence-electron chi connectivity index (χ1n) is 8.74. The molecule has 6 nitrogen and oxygen atoms in total. The van der Waals surface area contributed by atoms with Gasteiger partial charge in [0.15, 0.2) is 6.10 Å². The maximum Gasteiger partial charge on any atom is 0.271 e. The number of benzene rings is 2. The average molecular weight is 442 g/mol. The number of aromatic nitrogens is 2. The summed E-state index contributed by atoms with van der Waals surface area (Å²) in [5.41, 5.74) is 3.21. The first kappa shape index (κ1) is 19.8. The van der Waals surface area contributed by atoms with Crippen LogP contribution in [-0.2, 0) is 4.79 Å². The zero-order valence-corrected chi connectivity index (χ0v) is 17.4. The van der Waals surface area contributed by atoms with E-state index in [0.29, 0.717) is 11.4 Å². The van der Waals surface area contributed by atoms with Gasteiger partial charge in [0.1, 0.15) is 0 Å². The lowest BCUT2D eigenvalue weighted by Gasteiger charge is -2.15. The molecule has 3 rings (SSSR count). The van der Waals surface area contributed by atoms with Crippen LogP contribution in [0.4, 0.5) is 5.69 Å². The monoisotopic (exact) mass is 441 g/mol. The van der Waals surface area contributed by atoms with Crippen LogP contribution in [0.25, 0.3) is 5.69 Å². The van der Waals surface area contributed by atoms with Crippen molar-refractivity contribution in [2.24, 2.45) is 0 Å². The van der Waals surface area contributed by atoms with E-state index in [4.69, 9.17) is 4.74 Å². The SMILES string of the molecule is Cc1ccc(-n2nc(OC(C)C(=O)Nc3ccc(Br)cc3)ccc2=O)cc1C. The van der Waals surface area contributed by atoms with Crippen molar-refractivity contribution >= 4 is 27.5 Å². The Balaban J connectivity index is 1.76. The Labute approximate surface area is 171 Å². The van der Waals surface area contributed by atoms with Crippen molar-refractivity contribution in [3.05, 3.63) is 80.6 Å². The molecule has 28 heavy (non-hydrogen) atoms. The van der Waals surface area contributed by atoms with Gasteiger partial charge in [-0.2, -0.15) is 4.68 Å². The quantitative estimate of drug-likeness (QED) is 0.648. The van der Waals surface area contributed by atoms with Gasteiger partial charge in [-0.1, -0.05) is 22.0 Å². The summed E-state index contributed by atoms with van der Waals surface area (Å²) in [4.78, 5) is 24.6. The number of amides is 1. The van der Waals surface area contributed by atoms with Gasteiger partial charge in [0.05, 0.1) is 5.69 Å². The Kier molecular flexibility index (Phi) is 5.94. The molecule has 0 spiro atoms. The topological polar surface area (TPSA) is 73.2 Å². The number of aryl methyl sites for hydroxylation is 2. The van der Waals surface area contributed by atoms with Crippen LogP contribution >= 0.6 is 15.9 Å². The molecule has 0 saturated carbocycles. The number of ether oxygens (including phenoxy) is 1. The fourth-order valence-corrected chi connectivity index (χ4v) is 2.78. The molecule has 2 aromatic carbocycles. The predicted molar refractivity (Wildman–Crippen MR) is 112 cm³/mol. The van der Waals surface area contributed by atoms with Crippen molar-refractivity contribution in [2.45, 2.75) is 26.9 Å². The van der Waals surface area contributed by atoms with E-state index in [1.807, 2.05) is 44.2 Å². The molecule has 1 atom stereocenters. The molecule has 7 heteroatoms. The van der Waals surface area contributed by atoms with Crippen LogP contribution < -0.4 is 15.6 Å². The third-order valence-corrected chi connectivity index (χ3v) is 4.82. The molecular formula is C21H20BrN3O3. The van der Waals surface area contributed by atoms with E-state index in [1.54, 1.807) is 19.1 Å². The van der Waals surface area contributed by atoms with Crippen LogP contribution in [0.5, 0.6) is 5.88 Å². The Morgan fingerprint density at radius 2 is 1.79 bits per heavy atom. The number of rotatable bonds is 5. The first-order valence-corrected chi connectivity index (χ1v) is 9.54. The van der Waals surface area contributed by atoms with Gasteiger partial charge in [-0.3, -0.25) is 9.59 Å². The van der Waals surface area contributed by atoms with Crippen LogP contribution in [0.2, 0.25) is 0 Å². The van der Waals surface area contributed by atoms with Crippen LogP contribution in [-0.4, -0.2) is 21.8 Å². The van der Waals surface area contributed by atoms with Crippen molar-refractivity contribution < 1.29 is 9.53 Å². The number of hydrogen-bond donors (Lipinski definition) is 1. The number of halogens is 1. The van der Waals surface area contributed by atoms with Crippen molar-refractivity contribution in [1.82, 2.24) is 9.78 Å². The molecule has 0 aliphatic rings. The summed E-state index contributed by atoms with van der Waals surface area (Å²) in [5.74, 6) is -0.121. The van der Waals surface area contributed by atoms with Crippen molar-refractivity contribution in [2.75, 3.05) is 5.32 Å². The fourth-order valence-electron chi connectivity index (χ4n) is 2.51. The Morgan fingerprint density at radius 1 is 1.07 bits per heavy atom. The minimum absolute atomic E-state index is 0.191. The van der Waals surface area contributed by atoms with E-state index >= 15 is 0 Å². The van der Waals surface area contributed by atoms with E-state index in [9.17, 15) is 9.59 Å². The molecule has 1 amide bonds. The van der Waals surface area contributed by atoms with Gasteiger partial charge >= 0.3 is 0 Å². The standard InChI is InChI=1S/C21H20BrN3O3/c1-13-4-9-18(12-14(13)2)25-20(26)11-10-19(24-25)28-15(3)21(27)23-17-7-5-16(22)6-8-17/h4-12,15H,1-3H3,(H,23,27). The number of carbonyl (C=O) groups is 1. The number of nitrogens with zero attached hydrogens (tertiary/aromatic N) is 2. The molecule has 0 aliphatic heterocycles. The normalized spacial score (nSPS) is 11.7. The second-order valence-electron chi connectivity index (χ2n) is 6.45. The molecule has 1 aromatic heterocycles. The second kappa shape index (κ2) is 8.39. The predicted octanol–water partition coefficient (Wildman–Crippen LogP) is 4.02. The highest BCUT2D eigenvalue weighted by Gasteiger charge is 2.16. The summed E-state index contributed by atoms with van der Waals surface area (Å²) in [6.45, 7) is 5.60. The Bertz CT molecular complexity index is 1060. The molecular weight excluding hydrogens is 422 g/mol. The minimum Gasteiger partial charge on any atom is -0.463 e. The molecule has 0 fully saturated rings. The van der Waals surface area contributed by atoms with Crippen LogP contribution in [0.3, 0.4) is 0 Å². The van der Waals surface area contributed by atoms with Gasteiger partial charge in [-0.25, -0.2) is 0 Å². The molecule has 1 unspecified atom stereocenters. The van der Waals surface area contributed by atoms with E-state index in [2.05, 4.69) is 26.3 Å². The highest BCUT2D eigenvalue weighted by molar-refractivity contribution is 9.10. The zero-order valence-electron chi connectivity index (χ0n) is 15.8. The molecule has 0 saturated heterocycles. The van der Waals surface area contributed by atoms with Gasteiger partial charge < -0.3 is 10.1 Å². The summed E-state index contributed by atoms with van der Waals surface area (Å²) in [6, 6.07) is 15.7. The summed E-state index contributed by atoms with van der Waals surface area (Å²) in [5, 5.41) is 7.03. The molecule has 144 valence electrons. The molecule has 0 aliphatic carbocycles. The highest BCUT2D eigenvalue weighted by Crippen LogP contribution is 2.16. The molecule has 0 radical (unpaired) electrons. The van der Waals surface area contributed by atoms with Crippen molar-refractivity contribution in [3.63, 3.8) is 0 Å². The smallest absolute Gasteiger partial charge is 0.271 e. The van der Waals surface area contributed by atoms with Crippen LogP contribution in [0, 0.1) is 13.8 Å². The lowest BCUT2D eigenvalue weighted by molar-refractivity contribution is -0.122. The third kappa shape index (κ3) is 4.67. The first-order chi connectivity index (χ1) is 13.3. The third-order valence-electron chi connectivity index (χ3n) is 4.29. The second-order valence-corrected chi connectivity index (χ2v) is 7.36. The van der Waals surface area contributed by atoms with Gasteiger partial charge in [0, 0.05) is 22.3 Å². The molecule has 3 aromatic rings. The fraction of sp³-hybridized carbons (Fsp3) is 0.190. The maximum absolute atomic E-state index is 12.4. The van der Waals surface area contributed by atoms with E-state index in [0.717, 1.165) is 15.6 Å². The van der Waals surface area contributed by atoms with E-state index in [-0.39, 0.29) is 17.3 Å². The summed E-state index contributed by atoms with van der Waals surface area (Å²) >= 11 is 3.35. The molecule has 1 heterocycles. The van der Waals surface area contributed by atoms with Gasteiger partial charge in [0.25, 0.3) is 11.5 Å². The average Bonchev–Trinajstić information content (AvgIpc) is 2.67. The molecule has 1 N–H and O–H groups in total.